The van der Waals surface area contributed by atoms with E-state index in [9.17, 15) is 9.59 Å². The van der Waals surface area contributed by atoms with E-state index in [4.69, 9.17) is 5.73 Å². The molecule has 2 N–H and O–H groups in total. The van der Waals surface area contributed by atoms with E-state index >= 15 is 4.39 Å². The van der Waals surface area contributed by atoms with Crippen molar-refractivity contribution < 1.29 is 14.0 Å². The van der Waals surface area contributed by atoms with E-state index in [0.29, 0.717) is 25.1 Å². The van der Waals surface area contributed by atoms with Crippen LogP contribution in [0.5, 0.6) is 0 Å². The van der Waals surface area contributed by atoms with E-state index in [1.165, 1.54) is 12.1 Å². The van der Waals surface area contributed by atoms with Crippen molar-refractivity contribution in [1.82, 2.24) is 4.90 Å². The van der Waals surface area contributed by atoms with Crippen molar-refractivity contribution in [2.75, 3.05) is 6.54 Å². The third-order valence-electron chi connectivity index (χ3n) is 6.30. The number of primary amides is 1. The highest BCUT2D eigenvalue weighted by atomic mass is 19.1. The Balaban J connectivity index is 1.70. The Labute approximate surface area is 179 Å². The lowest BCUT2D eigenvalue weighted by Gasteiger charge is -2.28. The second kappa shape index (κ2) is 7.20. The summed E-state index contributed by atoms with van der Waals surface area (Å²) in [7, 11) is 0. The van der Waals surface area contributed by atoms with E-state index in [2.05, 4.69) is 6.58 Å². The lowest BCUT2D eigenvalue weighted by molar-refractivity contribution is -0.126. The van der Waals surface area contributed by atoms with Crippen molar-refractivity contribution >= 4 is 11.8 Å². The van der Waals surface area contributed by atoms with Gasteiger partial charge in [-0.1, -0.05) is 43.0 Å². The molecular weight excluding hydrogens is 391 g/mol. The van der Waals surface area contributed by atoms with Gasteiger partial charge < -0.3 is 10.6 Å². The topological polar surface area (TPSA) is 63.4 Å². The van der Waals surface area contributed by atoms with Gasteiger partial charge in [-0.25, -0.2) is 4.39 Å². The summed E-state index contributed by atoms with van der Waals surface area (Å²) in [5.41, 5.74) is 12.6. The zero-order chi connectivity index (χ0) is 21.7. The lowest BCUT2D eigenvalue weighted by Crippen LogP contribution is -2.34. The van der Waals surface area contributed by atoms with Gasteiger partial charge in [0.2, 0.25) is 11.8 Å². The van der Waals surface area contributed by atoms with Gasteiger partial charge in [0.25, 0.3) is 0 Å². The molecule has 0 saturated heterocycles. The van der Waals surface area contributed by atoms with Gasteiger partial charge >= 0.3 is 0 Å². The van der Waals surface area contributed by atoms with Gasteiger partial charge in [0.1, 0.15) is 5.82 Å². The van der Waals surface area contributed by atoms with Gasteiger partial charge in [0.05, 0.1) is 0 Å². The van der Waals surface area contributed by atoms with E-state index in [-0.39, 0.29) is 11.5 Å². The monoisotopic (exact) mass is 412 g/mol. The normalized spacial score (nSPS) is 13.9. The average Bonchev–Trinajstić information content (AvgIpc) is 3.16. The van der Waals surface area contributed by atoms with Gasteiger partial charge in [-0.05, 0) is 70.0 Å². The SMILES string of the molecule is C=CC(=O)N1CCc2ccc(-c3c(F)cc(C(N)=O)c4c3-c3ccccc3C4)cc2C1. The number of amides is 2. The Morgan fingerprint density at radius 1 is 1.03 bits per heavy atom. The summed E-state index contributed by atoms with van der Waals surface area (Å²) in [6.45, 7) is 4.68. The molecule has 1 aliphatic heterocycles. The molecule has 5 rings (SSSR count). The van der Waals surface area contributed by atoms with Crippen LogP contribution in [-0.4, -0.2) is 23.3 Å². The van der Waals surface area contributed by atoms with Crippen molar-refractivity contribution in [2.45, 2.75) is 19.4 Å². The van der Waals surface area contributed by atoms with E-state index in [0.717, 1.165) is 45.4 Å². The molecule has 0 radical (unpaired) electrons. The summed E-state index contributed by atoms with van der Waals surface area (Å²) in [6.07, 6.45) is 2.61. The molecule has 3 aromatic rings. The maximum Gasteiger partial charge on any atom is 0.249 e. The molecular formula is C26H21FN2O2. The summed E-state index contributed by atoms with van der Waals surface area (Å²) < 4.78 is 15.5. The van der Waals surface area contributed by atoms with Gasteiger partial charge in [-0.2, -0.15) is 0 Å². The maximum absolute atomic E-state index is 15.5. The number of carbonyl (C=O) groups is 2. The fraction of sp³-hybridized carbons (Fsp3) is 0.154. The zero-order valence-electron chi connectivity index (χ0n) is 17.0. The number of halogens is 1. The fourth-order valence-corrected chi connectivity index (χ4v) is 4.81. The van der Waals surface area contributed by atoms with Crippen LogP contribution in [0.3, 0.4) is 0 Å². The average molecular weight is 412 g/mol. The Kier molecular flexibility index (Phi) is 4.47. The molecule has 0 bridgehead atoms. The molecule has 1 heterocycles. The predicted octanol–water partition coefficient (Wildman–Crippen LogP) is 4.23. The molecule has 0 unspecified atom stereocenters. The Morgan fingerprint density at radius 3 is 2.61 bits per heavy atom. The molecule has 4 nitrogen and oxygen atoms in total. The molecule has 0 aromatic heterocycles. The van der Waals surface area contributed by atoms with Crippen LogP contribution in [0.2, 0.25) is 0 Å². The number of hydrogen-bond donors (Lipinski definition) is 1. The summed E-state index contributed by atoms with van der Waals surface area (Å²) in [6, 6.07) is 15.0. The summed E-state index contributed by atoms with van der Waals surface area (Å²) in [5.74, 6) is -1.21. The zero-order valence-corrected chi connectivity index (χ0v) is 17.0. The van der Waals surface area contributed by atoms with Gasteiger partial charge in [-0.3, -0.25) is 9.59 Å². The Hall–Kier alpha value is -3.73. The number of fused-ring (bicyclic) bond motifs is 4. The number of rotatable bonds is 3. The van der Waals surface area contributed by atoms with Crippen molar-refractivity contribution in [2.24, 2.45) is 5.73 Å². The van der Waals surface area contributed by atoms with Gasteiger partial charge in [0, 0.05) is 24.2 Å². The molecule has 1 aliphatic carbocycles. The molecule has 0 fully saturated rings. The molecule has 2 amide bonds. The van der Waals surface area contributed by atoms with Crippen LogP contribution in [-0.2, 0) is 24.2 Å². The van der Waals surface area contributed by atoms with Crippen LogP contribution < -0.4 is 5.73 Å². The van der Waals surface area contributed by atoms with Crippen LogP contribution in [0, 0.1) is 5.82 Å². The van der Waals surface area contributed by atoms with Gasteiger partial charge in [-0.15, -0.1) is 0 Å². The number of carbonyl (C=O) groups excluding carboxylic acids is 2. The van der Waals surface area contributed by atoms with E-state index in [1.807, 2.05) is 42.5 Å². The summed E-state index contributed by atoms with van der Waals surface area (Å²) >= 11 is 0. The molecule has 0 atom stereocenters. The maximum atomic E-state index is 15.5. The van der Waals surface area contributed by atoms with Crippen molar-refractivity contribution in [3.8, 4) is 22.3 Å². The lowest BCUT2D eigenvalue weighted by atomic mass is 9.88. The number of benzene rings is 3. The highest BCUT2D eigenvalue weighted by Gasteiger charge is 2.29. The Morgan fingerprint density at radius 2 is 1.84 bits per heavy atom. The van der Waals surface area contributed by atoms with E-state index in [1.54, 1.807) is 4.90 Å². The minimum atomic E-state index is -0.626. The van der Waals surface area contributed by atoms with Crippen molar-refractivity contribution in [3.63, 3.8) is 0 Å². The van der Waals surface area contributed by atoms with Crippen LogP contribution in [0.4, 0.5) is 4.39 Å². The van der Waals surface area contributed by atoms with Gasteiger partial charge in [0.15, 0.2) is 0 Å². The second-order valence-corrected chi connectivity index (χ2v) is 8.03. The van der Waals surface area contributed by atoms with Crippen LogP contribution >= 0.6 is 0 Å². The third kappa shape index (κ3) is 3.05. The molecule has 0 spiro atoms. The number of nitrogens with two attached hydrogens (primary N) is 1. The van der Waals surface area contributed by atoms with Crippen LogP contribution in [0.1, 0.15) is 32.6 Å². The first kappa shape index (κ1) is 19.2. The smallest absolute Gasteiger partial charge is 0.249 e. The predicted molar refractivity (Wildman–Crippen MR) is 118 cm³/mol. The largest absolute Gasteiger partial charge is 0.366 e. The Bertz CT molecular complexity index is 1280. The highest BCUT2D eigenvalue weighted by Crippen LogP contribution is 2.46. The standard InChI is InChI=1S/C26H21FN2O2/c1-2-23(30)29-10-9-15-7-8-17(11-18(15)14-29)24-22(27)13-21(26(28)31)20-12-16-5-3-4-6-19(16)25(20)24/h2-8,11,13H,1,9-10,12,14H2,(H2,28,31). The minimum Gasteiger partial charge on any atom is -0.366 e. The van der Waals surface area contributed by atoms with Crippen molar-refractivity contribution in [1.29, 1.82) is 0 Å². The van der Waals surface area contributed by atoms with Crippen molar-refractivity contribution in [3.05, 3.63) is 94.8 Å². The minimum absolute atomic E-state index is 0.108. The quantitative estimate of drug-likeness (QED) is 0.512. The fourth-order valence-electron chi connectivity index (χ4n) is 4.81. The summed E-state index contributed by atoms with van der Waals surface area (Å²) in [5, 5.41) is 0. The third-order valence-corrected chi connectivity index (χ3v) is 6.30. The molecule has 2 aliphatic rings. The second-order valence-electron chi connectivity index (χ2n) is 8.03. The van der Waals surface area contributed by atoms with Crippen LogP contribution in [0.25, 0.3) is 22.3 Å². The molecule has 31 heavy (non-hydrogen) atoms. The first-order valence-corrected chi connectivity index (χ1v) is 10.2. The number of nitrogens with zero attached hydrogens (tertiary/aromatic N) is 1. The molecule has 5 heteroatoms. The molecule has 3 aromatic carbocycles. The number of hydrogen-bond acceptors (Lipinski definition) is 2. The molecule has 154 valence electrons. The first-order valence-electron chi connectivity index (χ1n) is 10.2. The highest BCUT2D eigenvalue weighted by molar-refractivity contribution is 6.02. The van der Waals surface area contributed by atoms with Crippen LogP contribution in [0.15, 0.2) is 61.2 Å². The summed E-state index contributed by atoms with van der Waals surface area (Å²) in [4.78, 5) is 25.9. The van der Waals surface area contributed by atoms with E-state index < -0.39 is 11.7 Å². The molecule has 0 saturated carbocycles. The first-order chi connectivity index (χ1) is 15.0.